The fraction of sp³-hybridized carbons (Fsp3) is 0.850. The van der Waals surface area contributed by atoms with Gasteiger partial charge in [0, 0.05) is 0 Å². The average molecular weight is 368 g/mol. The summed E-state index contributed by atoms with van der Waals surface area (Å²) in [4.78, 5) is 13.0. The first-order valence-electron chi connectivity index (χ1n) is 9.56. The first-order valence-corrected chi connectivity index (χ1v) is 9.56. The number of Topliss-reactive ketones (excluding diaryl/α,β-unsaturated/α-hetero) is 1. The highest BCUT2D eigenvalue weighted by atomic mass is 16.6. The largest absolute Gasteiger partial charge is 0.394 e. The van der Waals surface area contributed by atoms with Gasteiger partial charge in [-0.15, -0.1) is 0 Å². The Morgan fingerprint density at radius 1 is 1.31 bits per heavy atom. The van der Waals surface area contributed by atoms with Crippen LogP contribution in [-0.4, -0.2) is 63.3 Å². The van der Waals surface area contributed by atoms with Gasteiger partial charge in [0.1, 0.15) is 17.8 Å². The molecule has 1 saturated heterocycles. The Kier molecular flexibility index (Phi) is 4.90. The number of carbonyl (C=O) groups is 1. The Bertz CT molecular complexity index is 611. The van der Waals surface area contributed by atoms with E-state index in [0.717, 1.165) is 18.4 Å². The maximum absolute atomic E-state index is 13.0. The molecule has 3 aliphatic rings. The van der Waals surface area contributed by atoms with Gasteiger partial charge in [0.05, 0.1) is 24.7 Å². The summed E-state index contributed by atoms with van der Waals surface area (Å²) in [5.74, 6) is -0.471. The summed E-state index contributed by atoms with van der Waals surface area (Å²) < 4.78 is 5.36. The number of ether oxygens (including phenoxy) is 1. The van der Waals surface area contributed by atoms with E-state index in [2.05, 4.69) is 6.08 Å². The van der Waals surface area contributed by atoms with Gasteiger partial charge in [0.15, 0.2) is 5.78 Å². The number of ketones is 1. The molecule has 0 aromatic heterocycles. The summed E-state index contributed by atoms with van der Waals surface area (Å²) in [6.07, 6.45) is 0.843. The van der Waals surface area contributed by atoms with E-state index in [1.54, 1.807) is 0 Å². The van der Waals surface area contributed by atoms with Crippen molar-refractivity contribution in [2.24, 2.45) is 22.7 Å². The predicted molar refractivity (Wildman–Crippen MR) is 95.3 cm³/mol. The Hall–Kier alpha value is -0.790. The van der Waals surface area contributed by atoms with Gasteiger partial charge < -0.3 is 25.2 Å². The molecule has 3 rings (SSSR count). The Morgan fingerprint density at radius 3 is 2.46 bits per heavy atom. The molecule has 2 aliphatic carbocycles. The molecular weight excluding hydrogens is 336 g/mol. The molecule has 0 aromatic carbocycles. The van der Waals surface area contributed by atoms with E-state index in [1.165, 1.54) is 0 Å². The normalized spacial score (nSPS) is 47.8. The van der Waals surface area contributed by atoms with Crippen molar-refractivity contribution in [3.8, 4) is 0 Å². The maximum Gasteiger partial charge on any atom is 0.171 e. The van der Waals surface area contributed by atoms with E-state index >= 15 is 0 Å². The summed E-state index contributed by atoms with van der Waals surface area (Å²) in [6, 6.07) is 0. The van der Waals surface area contributed by atoms with Gasteiger partial charge in [-0.25, -0.2) is 0 Å². The van der Waals surface area contributed by atoms with Gasteiger partial charge >= 0.3 is 0 Å². The van der Waals surface area contributed by atoms with Gasteiger partial charge in [-0.2, -0.15) is 0 Å². The second-order valence-electron chi connectivity index (χ2n) is 8.98. The Morgan fingerprint density at radius 2 is 1.92 bits per heavy atom. The minimum Gasteiger partial charge on any atom is -0.394 e. The van der Waals surface area contributed by atoms with Gasteiger partial charge in [0.25, 0.3) is 0 Å². The molecule has 0 unspecified atom stereocenters. The summed E-state index contributed by atoms with van der Waals surface area (Å²) in [6.45, 7) is 7.47. The number of carbonyl (C=O) groups excluding carboxylic acids is 1. The number of hydrogen-bond acceptors (Lipinski definition) is 6. The van der Waals surface area contributed by atoms with E-state index in [4.69, 9.17) is 4.74 Å². The lowest BCUT2D eigenvalue weighted by Crippen LogP contribution is -2.62. The molecule has 0 bridgehead atoms. The van der Waals surface area contributed by atoms with Crippen LogP contribution in [-0.2, 0) is 9.53 Å². The molecular formula is C20H32O6. The molecule has 6 heteroatoms. The van der Waals surface area contributed by atoms with Crippen molar-refractivity contribution in [1.82, 2.24) is 0 Å². The SMILES string of the molecule is CC1=CCC[C@H]2[C@@]1(C)C(=O)[C@H](O)[C@H](C)[C@@]2(C)C[C@@H](O)[C@@]1([C@@H](O)CO)CO1. The zero-order chi connectivity index (χ0) is 19.5. The summed E-state index contributed by atoms with van der Waals surface area (Å²) >= 11 is 0. The lowest BCUT2D eigenvalue weighted by Gasteiger charge is -2.58. The lowest BCUT2D eigenvalue weighted by molar-refractivity contribution is -0.170. The summed E-state index contributed by atoms with van der Waals surface area (Å²) in [5.41, 5.74) is -1.41. The molecule has 1 saturated carbocycles. The minimum absolute atomic E-state index is 0.0115. The topological polar surface area (TPSA) is 111 Å². The van der Waals surface area contributed by atoms with Crippen LogP contribution >= 0.6 is 0 Å². The van der Waals surface area contributed by atoms with Gasteiger partial charge in [-0.05, 0) is 50.4 Å². The van der Waals surface area contributed by atoms with Gasteiger partial charge in [0.2, 0.25) is 0 Å². The lowest BCUT2D eigenvalue weighted by atomic mass is 9.45. The van der Waals surface area contributed by atoms with Crippen LogP contribution in [0.25, 0.3) is 0 Å². The van der Waals surface area contributed by atoms with E-state index in [-0.39, 0.29) is 24.2 Å². The van der Waals surface area contributed by atoms with Crippen LogP contribution < -0.4 is 0 Å². The highest BCUT2D eigenvalue weighted by Gasteiger charge is 2.64. The Balaban J connectivity index is 1.96. The van der Waals surface area contributed by atoms with E-state index in [0.29, 0.717) is 6.42 Å². The Labute approximate surface area is 154 Å². The smallest absolute Gasteiger partial charge is 0.171 e. The molecule has 0 amide bonds. The number of aliphatic hydroxyl groups is 4. The molecule has 6 nitrogen and oxygen atoms in total. The molecule has 4 N–H and O–H groups in total. The number of epoxide rings is 1. The van der Waals surface area contributed by atoms with Crippen LogP contribution in [0.5, 0.6) is 0 Å². The summed E-state index contributed by atoms with van der Waals surface area (Å²) in [5, 5.41) is 41.0. The first-order chi connectivity index (χ1) is 12.1. The molecule has 2 fully saturated rings. The van der Waals surface area contributed by atoms with Crippen LogP contribution in [0.3, 0.4) is 0 Å². The average Bonchev–Trinajstić information content (AvgIpc) is 3.42. The highest BCUT2D eigenvalue weighted by Crippen LogP contribution is 2.61. The molecule has 8 atom stereocenters. The van der Waals surface area contributed by atoms with E-state index in [9.17, 15) is 25.2 Å². The van der Waals surface area contributed by atoms with Gasteiger partial charge in [-0.3, -0.25) is 4.79 Å². The molecule has 0 radical (unpaired) electrons. The predicted octanol–water partition coefficient (Wildman–Crippen LogP) is 0.808. The number of hydrogen-bond donors (Lipinski definition) is 4. The van der Waals surface area contributed by atoms with Crippen molar-refractivity contribution in [2.45, 2.75) is 70.9 Å². The third-order valence-electron chi connectivity index (χ3n) is 7.92. The van der Waals surface area contributed by atoms with E-state index in [1.807, 2.05) is 27.7 Å². The van der Waals surface area contributed by atoms with Crippen LogP contribution in [0.1, 0.15) is 47.0 Å². The molecule has 0 spiro atoms. The number of aliphatic hydroxyl groups excluding tert-OH is 4. The van der Waals surface area contributed by atoms with Crippen LogP contribution in [0.4, 0.5) is 0 Å². The standard InChI is InChI=1S/C20H32O6/c1-11-6-5-7-13-18(3,12(2)16(24)17(25)19(11,13)4)8-14(22)20(10-26-20)15(23)9-21/h6,12-16,21-24H,5,7-10H2,1-4H3/t12-,13+,14+,15-,16+,18+,19-,20+/m0/s1. The third-order valence-corrected chi connectivity index (χ3v) is 7.92. The van der Waals surface area contributed by atoms with Crippen molar-refractivity contribution in [2.75, 3.05) is 13.2 Å². The second-order valence-corrected chi connectivity index (χ2v) is 8.98. The van der Waals surface area contributed by atoms with Crippen LogP contribution in [0.2, 0.25) is 0 Å². The van der Waals surface area contributed by atoms with Crippen molar-refractivity contribution in [1.29, 1.82) is 0 Å². The fourth-order valence-electron chi connectivity index (χ4n) is 5.57. The monoisotopic (exact) mass is 368 g/mol. The van der Waals surface area contributed by atoms with Crippen LogP contribution in [0.15, 0.2) is 11.6 Å². The van der Waals surface area contributed by atoms with Crippen molar-refractivity contribution in [3.05, 3.63) is 11.6 Å². The maximum atomic E-state index is 13.0. The van der Waals surface area contributed by atoms with Crippen LogP contribution in [0, 0.1) is 22.7 Å². The van der Waals surface area contributed by atoms with Crippen molar-refractivity contribution in [3.63, 3.8) is 0 Å². The second kappa shape index (κ2) is 6.38. The quantitative estimate of drug-likeness (QED) is 0.422. The molecule has 1 heterocycles. The highest BCUT2D eigenvalue weighted by molar-refractivity contribution is 5.93. The molecule has 0 aromatic rings. The zero-order valence-electron chi connectivity index (χ0n) is 16.1. The van der Waals surface area contributed by atoms with Crippen molar-refractivity contribution < 1.29 is 30.0 Å². The fourth-order valence-corrected chi connectivity index (χ4v) is 5.57. The zero-order valence-corrected chi connectivity index (χ0v) is 16.1. The number of rotatable bonds is 5. The minimum atomic E-state index is -1.15. The summed E-state index contributed by atoms with van der Waals surface area (Å²) in [7, 11) is 0. The number of allylic oxidation sites excluding steroid dienone is 2. The molecule has 26 heavy (non-hydrogen) atoms. The van der Waals surface area contributed by atoms with Crippen molar-refractivity contribution >= 4 is 5.78 Å². The first kappa shape index (κ1) is 20.0. The molecule has 148 valence electrons. The third kappa shape index (κ3) is 2.53. The van der Waals surface area contributed by atoms with Gasteiger partial charge in [-0.1, -0.05) is 25.5 Å². The molecule has 1 aliphatic heterocycles. The van der Waals surface area contributed by atoms with E-state index < -0.39 is 41.3 Å². The number of fused-ring (bicyclic) bond motifs is 1.